The van der Waals surface area contributed by atoms with Crippen molar-refractivity contribution in [2.75, 3.05) is 13.2 Å². The Balaban J connectivity index is 1.33. The predicted octanol–water partition coefficient (Wildman–Crippen LogP) is 9.08. The molecule has 45 heavy (non-hydrogen) atoms. The van der Waals surface area contributed by atoms with E-state index in [4.69, 9.17) is 9.47 Å². The zero-order valence-electron chi connectivity index (χ0n) is 29.9. The van der Waals surface area contributed by atoms with Crippen molar-refractivity contribution in [3.05, 3.63) is 24.8 Å². The van der Waals surface area contributed by atoms with Crippen molar-refractivity contribution < 1.29 is 24.2 Å². The Kier molecular flexibility index (Phi) is 9.11. The van der Waals surface area contributed by atoms with Crippen molar-refractivity contribution in [1.29, 1.82) is 0 Å². The molecule has 0 aliphatic heterocycles. The smallest absolute Gasteiger partial charge is 0.306 e. The summed E-state index contributed by atoms with van der Waals surface area (Å²) in [6.07, 6.45) is 13.5. The summed E-state index contributed by atoms with van der Waals surface area (Å²) in [4.78, 5) is 25.6. The molecule has 7 unspecified atom stereocenters. The molecule has 0 amide bonds. The molecule has 5 rings (SSSR count). The molecule has 1 N–H and O–H groups in total. The second-order valence-electron chi connectivity index (χ2n) is 18.5. The summed E-state index contributed by atoms with van der Waals surface area (Å²) >= 11 is 0. The maximum Gasteiger partial charge on any atom is 0.306 e. The minimum atomic E-state index is -0.528. The van der Waals surface area contributed by atoms with Gasteiger partial charge in [0.2, 0.25) is 0 Å². The number of carbonyl (C=O) groups excluding carboxylic acids is 2. The number of hydrogen-bond acceptors (Lipinski definition) is 5. The Labute approximate surface area is 274 Å². The van der Waals surface area contributed by atoms with Gasteiger partial charge in [0, 0.05) is 12.0 Å². The maximum absolute atomic E-state index is 13.3. The van der Waals surface area contributed by atoms with Crippen LogP contribution in [0.5, 0.6) is 0 Å². The first-order valence-corrected chi connectivity index (χ1v) is 18.1. The Bertz CT molecular complexity index is 1190. The van der Waals surface area contributed by atoms with E-state index in [9.17, 15) is 14.7 Å². The van der Waals surface area contributed by atoms with Crippen molar-refractivity contribution in [3.8, 4) is 0 Å². The van der Waals surface area contributed by atoms with Gasteiger partial charge in [0.05, 0.1) is 12.8 Å². The standard InChI is InChI=1S/C40H64O5/c1-11-22-44-32(42)23-35(4,5)24-33(43)45-31-16-17-37(8)29(36(31,6)7)15-18-39(10)30(37)13-12-28-34-27(26(2)3)14-19-40(34,25-41)21-20-38(28,39)9/h11,27-31,34,41H,1-2,12-25H2,3-10H3/t27-,28?,29?,30?,31?,34?,37?,38+,39+,40?/m0/s1. The van der Waals surface area contributed by atoms with Crippen molar-refractivity contribution in [2.24, 2.45) is 62.1 Å². The lowest BCUT2D eigenvalue weighted by molar-refractivity contribution is -0.251. The minimum Gasteiger partial charge on any atom is -0.462 e. The average molecular weight is 625 g/mol. The van der Waals surface area contributed by atoms with Crippen LogP contribution in [-0.4, -0.2) is 36.4 Å². The summed E-state index contributed by atoms with van der Waals surface area (Å²) in [5.74, 6) is 2.37. The van der Waals surface area contributed by atoms with E-state index in [-0.39, 0.29) is 64.6 Å². The third-order valence-electron chi connectivity index (χ3n) is 15.4. The van der Waals surface area contributed by atoms with E-state index < -0.39 is 5.41 Å². The van der Waals surface area contributed by atoms with Crippen LogP contribution in [0.3, 0.4) is 0 Å². The van der Waals surface area contributed by atoms with Gasteiger partial charge in [-0.2, -0.15) is 0 Å². The van der Waals surface area contributed by atoms with Gasteiger partial charge in [0.25, 0.3) is 0 Å². The first-order chi connectivity index (χ1) is 20.9. The molecule has 5 nitrogen and oxygen atoms in total. The first kappa shape index (κ1) is 34.7. The molecule has 0 radical (unpaired) electrons. The fourth-order valence-corrected chi connectivity index (χ4v) is 13.0. The molecule has 5 aliphatic carbocycles. The highest BCUT2D eigenvalue weighted by Crippen LogP contribution is 2.77. The summed E-state index contributed by atoms with van der Waals surface area (Å²) in [6, 6.07) is 0. The van der Waals surface area contributed by atoms with Crippen LogP contribution >= 0.6 is 0 Å². The number of esters is 2. The van der Waals surface area contributed by atoms with E-state index in [0.717, 1.165) is 25.7 Å². The lowest BCUT2D eigenvalue weighted by Gasteiger charge is -2.73. The van der Waals surface area contributed by atoms with Crippen LogP contribution in [0.1, 0.15) is 132 Å². The van der Waals surface area contributed by atoms with Crippen LogP contribution in [0, 0.1) is 62.1 Å². The summed E-state index contributed by atoms with van der Waals surface area (Å²) in [5, 5.41) is 10.8. The number of allylic oxidation sites excluding steroid dienone is 1. The van der Waals surface area contributed by atoms with Crippen LogP contribution < -0.4 is 0 Å². The topological polar surface area (TPSA) is 72.8 Å². The van der Waals surface area contributed by atoms with E-state index in [1.54, 1.807) is 6.08 Å². The molecule has 10 atom stereocenters. The highest BCUT2D eigenvalue weighted by molar-refractivity contribution is 5.74. The third-order valence-corrected chi connectivity index (χ3v) is 15.4. The summed E-state index contributed by atoms with van der Waals surface area (Å²) in [5.41, 5.74) is 1.49. The van der Waals surface area contributed by atoms with Gasteiger partial charge in [-0.1, -0.05) is 73.3 Å². The quantitative estimate of drug-likeness (QED) is 0.205. The highest BCUT2D eigenvalue weighted by Gasteiger charge is 2.71. The van der Waals surface area contributed by atoms with Gasteiger partial charge in [0.15, 0.2) is 0 Å². The largest absolute Gasteiger partial charge is 0.462 e. The van der Waals surface area contributed by atoms with Crippen molar-refractivity contribution in [3.63, 3.8) is 0 Å². The minimum absolute atomic E-state index is 0.0858. The fourth-order valence-electron chi connectivity index (χ4n) is 13.0. The van der Waals surface area contributed by atoms with Crippen molar-refractivity contribution in [1.82, 2.24) is 0 Å². The normalized spacial score (nSPS) is 43.6. The van der Waals surface area contributed by atoms with Crippen molar-refractivity contribution >= 4 is 11.9 Å². The van der Waals surface area contributed by atoms with E-state index >= 15 is 0 Å². The van der Waals surface area contributed by atoms with Crippen LogP contribution in [0.25, 0.3) is 0 Å². The molecule has 0 spiro atoms. The monoisotopic (exact) mass is 624 g/mol. The van der Waals surface area contributed by atoms with Gasteiger partial charge in [0.1, 0.15) is 12.7 Å². The number of hydrogen-bond donors (Lipinski definition) is 1. The van der Waals surface area contributed by atoms with Crippen LogP contribution in [0.15, 0.2) is 24.8 Å². The second kappa shape index (κ2) is 11.8. The Hall–Kier alpha value is -1.62. The van der Waals surface area contributed by atoms with Gasteiger partial charge in [-0.15, -0.1) is 0 Å². The summed E-state index contributed by atoms with van der Waals surface area (Å²) in [6.45, 7) is 27.3. The summed E-state index contributed by atoms with van der Waals surface area (Å²) < 4.78 is 11.5. The van der Waals surface area contributed by atoms with E-state index in [1.807, 2.05) is 13.8 Å². The van der Waals surface area contributed by atoms with Crippen LogP contribution in [-0.2, 0) is 19.1 Å². The molecule has 5 heteroatoms. The van der Waals surface area contributed by atoms with Gasteiger partial charge >= 0.3 is 11.9 Å². The molecule has 5 aliphatic rings. The van der Waals surface area contributed by atoms with E-state index in [0.29, 0.717) is 36.2 Å². The maximum atomic E-state index is 13.3. The molecular formula is C40H64O5. The molecule has 5 fully saturated rings. The van der Waals surface area contributed by atoms with Gasteiger partial charge < -0.3 is 14.6 Å². The van der Waals surface area contributed by atoms with E-state index in [1.165, 1.54) is 44.1 Å². The molecule has 0 aromatic rings. The van der Waals surface area contributed by atoms with E-state index in [2.05, 4.69) is 54.7 Å². The zero-order chi connectivity index (χ0) is 33.2. The number of rotatable bonds is 9. The van der Waals surface area contributed by atoms with Crippen molar-refractivity contribution in [2.45, 2.75) is 139 Å². The second-order valence-corrected chi connectivity index (χ2v) is 18.5. The Morgan fingerprint density at radius 1 is 0.867 bits per heavy atom. The number of ether oxygens (including phenoxy) is 2. The predicted molar refractivity (Wildman–Crippen MR) is 180 cm³/mol. The highest BCUT2D eigenvalue weighted by atomic mass is 16.5. The average Bonchev–Trinajstić information content (AvgIpc) is 3.34. The molecule has 254 valence electrons. The molecule has 5 saturated carbocycles. The summed E-state index contributed by atoms with van der Waals surface area (Å²) in [7, 11) is 0. The number of aliphatic hydroxyl groups excluding tert-OH is 1. The van der Waals surface area contributed by atoms with Gasteiger partial charge in [-0.25, -0.2) is 0 Å². The third kappa shape index (κ3) is 5.47. The molecular weight excluding hydrogens is 560 g/mol. The number of fused-ring (bicyclic) bond motifs is 7. The van der Waals surface area contributed by atoms with Gasteiger partial charge in [-0.05, 0) is 128 Å². The lowest BCUT2D eigenvalue weighted by Crippen LogP contribution is -2.67. The Morgan fingerprint density at radius 3 is 2.20 bits per heavy atom. The first-order valence-electron chi connectivity index (χ1n) is 18.1. The number of aliphatic hydroxyl groups is 1. The molecule has 0 aromatic heterocycles. The fraction of sp³-hybridized carbons (Fsp3) is 0.850. The molecule has 0 bridgehead atoms. The lowest BCUT2D eigenvalue weighted by atomic mass is 9.32. The SMILES string of the molecule is C=CCOC(=O)CC(C)(C)CC(=O)OC1CCC2(C)C(CC[C@]3(C)C2CCC2C4[C@H](C(=C)C)CCC4(CO)CC[C@]23C)C1(C)C. The molecule has 0 heterocycles. The van der Waals surface area contributed by atoms with Crippen LogP contribution in [0.2, 0.25) is 0 Å². The Morgan fingerprint density at radius 2 is 1.56 bits per heavy atom. The molecule has 0 aromatic carbocycles. The van der Waals surface area contributed by atoms with Crippen LogP contribution in [0.4, 0.5) is 0 Å². The number of carbonyl (C=O) groups is 2. The van der Waals surface area contributed by atoms with Gasteiger partial charge in [-0.3, -0.25) is 9.59 Å². The zero-order valence-corrected chi connectivity index (χ0v) is 29.9. The molecule has 0 saturated heterocycles.